The van der Waals surface area contributed by atoms with Gasteiger partial charge in [-0.2, -0.15) is 13.2 Å². The van der Waals surface area contributed by atoms with Gasteiger partial charge >= 0.3 is 6.18 Å². The van der Waals surface area contributed by atoms with Gasteiger partial charge in [0.2, 0.25) is 5.91 Å². The third-order valence-corrected chi connectivity index (χ3v) is 4.61. The highest BCUT2D eigenvalue weighted by Gasteiger charge is 2.39. The number of piperazine rings is 1. The van der Waals surface area contributed by atoms with E-state index in [9.17, 15) is 18.0 Å². The van der Waals surface area contributed by atoms with Crippen molar-refractivity contribution in [2.45, 2.75) is 57.3 Å². The number of carbonyl (C=O) groups excluding carboxylic acids is 1. The van der Waals surface area contributed by atoms with Crippen molar-refractivity contribution < 1.29 is 18.0 Å². The molecule has 0 atom stereocenters. The number of nitrogens with zero attached hydrogens (tertiary/aromatic N) is 2. The van der Waals surface area contributed by atoms with Crippen LogP contribution in [0.4, 0.5) is 13.2 Å². The van der Waals surface area contributed by atoms with E-state index < -0.39 is 18.3 Å². The Kier molecular flexibility index (Phi) is 5.37. The lowest BCUT2D eigenvalue weighted by molar-refractivity contribution is -0.156. The molecule has 0 aromatic heterocycles. The molecule has 0 spiro atoms. The summed E-state index contributed by atoms with van der Waals surface area (Å²) in [6.07, 6.45) is 0.222. The van der Waals surface area contributed by atoms with Gasteiger partial charge in [-0.25, -0.2) is 0 Å². The monoisotopic (exact) mass is 321 g/mol. The second-order valence-electron chi connectivity index (χ2n) is 7.11. The minimum atomic E-state index is -4.17. The first-order chi connectivity index (χ1) is 10.2. The fourth-order valence-electron chi connectivity index (χ4n) is 3.49. The van der Waals surface area contributed by atoms with Crippen LogP contribution in [-0.2, 0) is 4.79 Å². The zero-order valence-electron chi connectivity index (χ0n) is 13.4. The highest BCUT2D eigenvalue weighted by molar-refractivity contribution is 5.78. The van der Waals surface area contributed by atoms with Crippen molar-refractivity contribution in [3.63, 3.8) is 0 Å². The van der Waals surface area contributed by atoms with Crippen LogP contribution < -0.4 is 5.32 Å². The first kappa shape index (κ1) is 17.5. The average molecular weight is 321 g/mol. The number of nitrogens with one attached hydrogen (secondary N) is 1. The van der Waals surface area contributed by atoms with E-state index in [4.69, 9.17) is 0 Å². The van der Waals surface area contributed by atoms with Crippen molar-refractivity contribution in [1.29, 1.82) is 0 Å². The van der Waals surface area contributed by atoms with Crippen LogP contribution in [0, 0.1) is 0 Å². The first-order valence-electron chi connectivity index (χ1n) is 7.99. The topological polar surface area (TPSA) is 35.6 Å². The molecule has 0 aromatic carbocycles. The SMILES string of the molecule is CC1(C)CN(CC(F)(F)F)CCN1CC(=O)NC1CCCC1. The number of hydrogen-bond acceptors (Lipinski definition) is 3. The molecule has 0 bridgehead atoms. The molecule has 7 heteroatoms. The van der Waals surface area contributed by atoms with Gasteiger partial charge < -0.3 is 5.32 Å². The standard InChI is InChI=1S/C15H26F3N3O/c1-14(2)10-20(11-15(16,17)18)7-8-21(14)9-13(22)19-12-5-3-4-6-12/h12H,3-11H2,1-2H3,(H,19,22). The first-order valence-corrected chi connectivity index (χ1v) is 7.99. The zero-order valence-corrected chi connectivity index (χ0v) is 13.4. The van der Waals surface area contributed by atoms with E-state index in [1.165, 1.54) is 4.90 Å². The molecule has 1 saturated carbocycles. The lowest BCUT2D eigenvalue weighted by atomic mass is 9.98. The molecule has 4 nitrogen and oxygen atoms in total. The van der Waals surface area contributed by atoms with Crippen LogP contribution in [0.25, 0.3) is 0 Å². The Bertz CT molecular complexity index is 392. The average Bonchev–Trinajstić information content (AvgIpc) is 2.82. The van der Waals surface area contributed by atoms with Gasteiger partial charge in [0.1, 0.15) is 0 Å². The Morgan fingerprint density at radius 1 is 1.23 bits per heavy atom. The van der Waals surface area contributed by atoms with E-state index in [1.54, 1.807) is 0 Å². The van der Waals surface area contributed by atoms with E-state index in [-0.39, 0.29) is 18.5 Å². The molecule has 1 amide bonds. The largest absolute Gasteiger partial charge is 0.401 e. The molecule has 0 radical (unpaired) electrons. The molecule has 128 valence electrons. The fraction of sp³-hybridized carbons (Fsp3) is 0.933. The number of amides is 1. The predicted molar refractivity (Wildman–Crippen MR) is 78.5 cm³/mol. The normalized spacial score (nSPS) is 24.6. The summed E-state index contributed by atoms with van der Waals surface area (Å²) < 4.78 is 37.5. The van der Waals surface area contributed by atoms with E-state index in [0.29, 0.717) is 19.6 Å². The van der Waals surface area contributed by atoms with Crippen LogP contribution in [-0.4, -0.2) is 66.2 Å². The Balaban J connectivity index is 1.83. The van der Waals surface area contributed by atoms with Crippen LogP contribution in [0.2, 0.25) is 0 Å². The summed E-state index contributed by atoms with van der Waals surface area (Å²) >= 11 is 0. The summed E-state index contributed by atoms with van der Waals surface area (Å²) in [5.74, 6) is -0.00996. The number of halogens is 3. The molecule has 1 aliphatic carbocycles. The molecule has 1 heterocycles. The molecule has 2 aliphatic rings. The van der Waals surface area contributed by atoms with Crippen LogP contribution in [0.3, 0.4) is 0 Å². The van der Waals surface area contributed by atoms with Gasteiger partial charge in [0.15, 0.2) is 0 Å². The van der Waals surface area contributed by atoms with Gasteiger partial charge in [0.25, 0.3) is 0 Å². The zero-order chi connectivity index (χ0) is 16.4. The third-order valence-electron chi connectivity index (χ3n) is 4.61. The van der Waals surface area contributed by atoms with Crippen molar-refractivity contribution in [2.75, 3.05) is 32.7 Å². The van der Waals surface area contributed by atoms with Crippen molar-refractivity contribution in [3.8, 4) is 0 Å². The molecule has 0 aromatic rings. The Morgan fingerprint density at radius 2 is 1.86 bits per heavy atom. The van der Waals surface area contributed by atoms with E-state index in [2.05, 4.69) is 5.32 Å². The maximum atomic E-state index is 12.5. The molecule has 1 saturated heterocycles. The summed E-state index contributed by atoms with van der Waals surface area (Å²) in [4.78, 5) is 15.5. The summed E-state index contributed by atoms with van der Waals surface area (Å²) in [6.45, 7) is 4.35. The molecule has 22 heavy (non-hydrogen) atoms. The van der Waals surface area contributed by atoms with E-state index in [0.717, 1.165) is 25.7 Å². The van der Waals surface area contributed by atoms with Crippen LogP contribution in [0.1, 0.15) is 39.5 Å². The highest BCUT2D eigenvalue weighted by Crippen LogP contribution is 2.24. The lowest BCUT2D eigenvalue weighted by Crippen LogP contribution is -2.62. The quantitative estimate of drug-likeness (QED) is 0.860. The number of rotatable bonds is 4. The lowest BCUT2D eigenvalue weighted by Gasteiger charge is -2.47. The Hall–Kier alpha value is -0.820. The number of hydrogen-bond donors (Lipinski definition) is 1. The molecular weight excluding hydrogens is 295 g/mol. The summed E-state index contributed by atoms with van der Waals surface area (Å²) in [7, 11) is 0. The summed E-state index contributed by atoms with van der Waals surface area (Å²) in [5.41, 5.74) is -0.434. The Labute approximate surface area is 130 Å². The molecule has 0 unspecified atom stereocenters. The second kappa shape index (κ2) is 6.74. The van der Waals surface area contributed by atoms with Crippen LogP contribution in [0.15, 0.2) is 0 Å². The molecule has 1 aliphatic heterocycles. The van der Waals surface area contributed by atoms with Gasteiger partial charge in [-0.15, -0.1) is 0 Å². The maximum Gasteiger partial charge on any atom is 0.401 e. The minimum absolute atomic E-state index is 0.00996. The van der Waals surface area contributed by atoms with Gasteiger partial charge in [-0.3, -0.25) is 14.6 Å². The number of alkyl halides is 3. The smallest absolute Gasteiger partial charge is 0.352 e. The van der Waals surface area contributed by atoms with Crippen molar-refractivity contribution in [3.05, 3.63) is 0 Å². The maximum absolute atomic E-state index is 12.5. The van der Waals surface area contributed by atoms with Crippen LogP contribution in [0.5, 0.6) is 0 Å². The van der Waals surface area contributed by atoms with Crippen LogP contribution >= 0.6 is 0 Å². The number of carbonyl (C=O) groups is 1. The minimum Gasteiger partial charge on any atom is -0.352 e. The predicted octanol–water partition coefficient (Wildman–Crippen LogP) is 2.00. The Morgan fingerprint density at radius 3 is 2.41 bits per heavy atom. The van der Waals surface area contributed by atoms with Crippen molar-refractivity contribution >= 4 is 5.91 Å². The van der Waals surface area contributed by atoms with Gasteiger partial charge in [-0.05, 0) is 26.7 Å². The third kappa shape index (κ3) is 5.12. The van der Waals surface area contributed by atoms with Gasteiger partial charge in [-0.1, -0.05) is 12.8 Å². The molecule has 1 N–H and O–H groups in total. The fourth-order valence-corrected chi connectivity index (χ4v) is 3.49. The molecule has 2 rings (SSSR count). The highest BCUT2D eigenvalue weighted by atomic mass is 19.4. The van der Waals surface area contributed by atoms with Gasteiger partial charge in [0, 0.05) is 31.2 Å². The molecular formula is C15H26F3N3O. The van der Waals surface area contributed by atoms with E-state index in [1.807, 2.05) is 18.7 Å². The van der Waals surface area contributed by atoms with Crippen molar-refractivity contribution in [2.24, 2.45) is 0 Å². The van der Waals surface area contributed by atoms with Crippen molar-refractivity contribution in [1.82, 2.24) is 15.1 Å². The van der Waals surface area contributed by atoms with E-state index >= 15 is 0 Å². The molecule has 2 fully saturated rings. The van der Waals surface area contributed by atoms with Gasteiger partial charge in [0.05, 0.1) is 13.1 Å². The second-order valence-corrected chi connectivity index (χ2v) is 7.11. The summed E-state index contributed by atoms with van der Waals surface area (Å²) in [6, 6.07) is 0.280. The summed E-state index contributed by atoms with van der Waals surface area (Å²) in [5, 5.41) is 3.04.